The van der Waals surface area contributed by atoms with E-state index in [0.717, 1.165) is 30.8 Å². The molecular formula is C23H24ClN3O3. The third-order valence-corrected chi connectivity index (χ3v) is 5.91. The van der Waals surface area contributed by atoms with E-state index in [0.29, 0.717) is 36.5 Å². The van der Waals surface area contributed by atoms with Gasteiger partial charge in [0, 0.05) is 60.4 Å². The minimum atomic E-state index is -0.173. The first kappa shape index (κ1) is 20.4. The lowest BCUT2D eigenvalue weighted by Crippen LogP contribution is -2.35. The Morgan fingerprint density at radius 3 is 2.27 bits per heavy atom. The van der Waals surface area contributed by atoms with Crippen LogP contribution in [0.1, 0.15) is 36.0 Å². The first-order valence-corrected chi connectivity index (χ1v) is 10.6. The second-order valence-corrected chi connectivity index (χ2v) is 8.25. The maximum Gasteiger partial charge on any atom is 0.251 e. The highest BCUT2D eigenvalue weighted by atomic mass is 35.5. The number of carbonyl (C=O) groups is 3. The molecule has 2 aliphatic heterocycles. The summed E-state index contributed by atoms with van der Waals surface area (Å²) in [5.41, 5.74) is 2.24. The minimum absolute atomic E-state index is 0.0440. The normalized spacial score (nSPS) is 19.3. The van der Waals surface area contributed by atoms with Crippen LogP contribution in [0.15, 0.2) is 48.5 Å². The van der Waals surface area contributed by atoms with Crippen LogP contribution in [-0.2, 0) is 9.59 Å². The molecule has 156 valence electrons. The van der Waals surface area contributed by atoms with E-state index in [1.807, 2.05) is 29.2 Å². The molecule has 3 amide bonds. The molecule has 0 radical (unpaired) electrons. The fraction of sp³-hybridized carbons (Fsp3) is 0.348. The molecule has 1 unspecified atom stereocenters. The minimum Gasteiger partial charge on any atom is -0.352 e. The van der Waals surface area contributed by atoms with Crippen molar-refractivity contribution in [2.45, 2.75) is 25.7 Å². The Morgan fingerprint density at radius 1 is 0.933 bits per heavy atom. The molecule has 2 aromatic rings. The van der Waals surface area contributed by atoms with Crippen LogP contribution in [0, 0.1) is 5.92 Å². The number of hydrogen-bond donors (Lipinski definition) is 1. The molecule has 0 aliphatic carbocycles. The number of rotatable bonds is 5. The molecule has 2 aromatic carbocycles. The third-order valence-electron chi connectivity index (χ3n) is 5.66. The number of carbonyl (C=O) groups excluding carboxylic acids is 3. The van der Waals surface area contributed by atoms with E-state index in [9.17, 15) is 14.4 Å². The van der Waals surface area contributed by atoms with Crippen molar-refractivity contribution in [1.29, 1.82) is 0 Å². The fourth-order valence-corrected chi connectivity index (χ4v) is 4.13. The van der Waals surface area contributed by atoms with Crippen LogP contribution in [0.4, 0.5) is 11.4 Å². The van der Waals surface area contributed by atoms with E-state index < -0.39 is 0 Å². The predicted molar refractivity (Wildman–Crippen MR) is 117 cm³/mol. The zero-order chi connectivity index (χ0) is 21.1. The Balaban J connectivity index is 1.34. The average molecular weight is 426 g/mol. The van der Waals surface area contributed by atoms with Crippen LogP contribution in [0.25, 0.3) is 0 Å². The number of nitrogens with zero attached hydrogens (tertiary/aromatic N) is 2. The van der Waals surface area contributed by atoms with Crippen LogP contribution in [0.5, 0.6) is 0 Å². The van der Waals surface area contributed by atoms with Crippen LogP contribution < -0.4 is 15.1 Å². The van der Waals surface area contributed by atoms with E-state index in [4.69, 9.17) is 11.6 Å². The Hall–Kier alpha value is -2.86. The predicted octanol–water partition coefficient (Wildman–Crippen LogP) is 3.64. The van der Waals surface area contributed by atoms with Gasteiger partial charge in [0.25, 0.3) is 5.91 Å². The summed E-state index contributed by atoms with van der Waals surface area (Å²) in [6.45, 7) is 1.74. The van der Waals surface area contributed by atoms with Gasteiger partial charge >= 0.3 is 0 Å². The number of piperidine rings is 1. The van der Waals surface area contributed by atoms with Crippen molar-refractivity contribution < 1.29 is 14.4 Å². The summed E-state index contributed by atoms with van der Waals surface area (Å²) in [6, 6.07) is 14.3. The Bertz CT molecular complexity index is 943. The molecule has 2 aliphatic rings. The molecule has 0 saturated carbocycles. The van der Waals surface area contributed by atoms with Gasteiger partial charge in [0.2, 0.25) is 11.8 Å². The summed E-state index contributed by atoms with van der Waals surface area (Å²) in [5, 5.41) is 3.49. The van der Waals surface area contributed by atoms with Gasteiger partial charge in [0.15, 0.2) is 0 Å². The highest BCUT2D eigenvalue weighted by Gasteiger charge is 2.31. The van der Waals surface area contributed by atoms with Gasteiger partial charge in [-0.3, -0.25) is 14.4 Å². The molecule has 0 bridgehead atoms. The van der Waals surface area contributed by atoms with E-state index in [2.05, 4.69) is 5.32 Å². The molecule has 30 heavy (non-hydrogen) atoms. The highest BCUT2D eigenvalue weighted by molar-refractivity contribution is 6.30. The lowest BCUT2D eigenvalue weighted by atomic mass is 10.1. The van der Waals surface area contributed by atoms with Gasteiger partial charge in [-0.1, -0.05) is 11.6 Å². The monoisotopic (exact) mass is 425 g/mol. The molecule has 0 spiro atoms. The molecule has 0 aromatic heterocycles. The first-order valence-electron chi connectivity index (χ1n) is 10.3. The Kier molecular flexibility index (Phi) is 6.04. The van der Waals surface area contributed by atoms with Gasteiger partial charge in [-0.2, -0.15) is 0 Å². The zero-order valence-electron chi connectivity index (χ0n) is 16.6. The van der Waals surface area contributed by atoms with E-state index in [1.54, 1.807) is 29.2 Å². The molecule has 1 N–H and O–H groups in total. The number of nitrogens with one attached hydrogen (secondary N) is 1. The lowest BCUT2D eigenvalue weighted by Gasteiger charge is -2.27. The van der Waals surface area contributed by atoms with E-state index in [-0.39, 0.29) is 23.6 Å². The number of anilines is 2. The fourth-order valence-electron chi connectivity index (χ4n) is 4.00. The van der Waals surface area contributed by atoms with Crippen molar-refractivity contribution in [3.63, 3.8) is 0 Å². The van der Waals surface area contributed by atoms with E-state index in [1.165, 1.54) is 0 Å². The molecular weight excluding hydrogens is 402 g/mol. The number of halogens is 1. The molecule has 2 fully saturated rings. The van der Waals surface area contributed by atoms with E-state index >= 15 is 0 Å². The summed E-state index contributed by atoms with van der Waals surface area (Å²) in [5.74, 6) is 0.0792. The largest absolute Gasteiger partial charge is 0.352 e. The van der Waals surface area contributed by atoms with Crippen LogP contribution in [-0.4, -0.2) is 37.4 Å². The summed E-state index contributed by atoms with van der Waals surface area (Å²) in [7, 11) is 0. The molecule has 1 atom stereocenters. The summed E-state index contributed by atoms with van der Waals surface area (Å²) in [6.07, 6.45) is 2.95. The van der Waals surface area contributed by atoms with Crippen molar-refractivity contribution in [2.75, 3.05) is 29.4 Å². The topological polar surface area (TPSA) is 69.7 Å². The van der Waals surface area contributed by atoms with Gasteiger partial charge in [-0.15, -0.1) is 0 Å². The van der Waals surface area contributed by atoms with Crippen LogP contribution in [0.3, 0.4) is 0 Å². The lowest BCUT2D eigenvalue weighted by molar-refractivity contribution is -0.119. The van der Waals surface area contributed by atoms with Crippen molar-refractivity contribution >= 4 is 40.7 Å². The summed E-state index contributed by atoms with van der Waals surface area (Å²) in [4.78, 5) is 40.4. The molecule has 6 nitrogen and oxygen atoms in total. The zero-order valence-corrected chi connectivity index (χ0v) is 17.4. The van der Waals surface area contributed by atoms with Gasteiger partial charge in [-0.25, -0.2) is 0 Å². The number of hydrogen-bond acceptors (Lipinski definition) is 3. The van der Waals surface area contributed by atoms with Crippen molar-refractivity contribution in [3.8, 4) is 0 Å². The number of benzene rings is 2. The second-order valence-electron chi connectivity index (χ2n) is 7.81. The van der Waals surface area contributed by atoms with Crippen molar-refractivity contribution in [3.05, 3.63) is 59.1 Å². The Labute approximate surface area is 180 Å². The van der Waals surface area contributed by atoms with Gasteiger partial charge in [-0.05, 0) is 61.4 Å². The van der Waals surface area contributed by atoms with Gasteiger partial charge in [0.05, 0.1) is 0 Å². The van der Waals surface area contributed by atoms with Crippen LogP contribution >= 0.6 is 11.6 Å². The smallest absolute Gasteiger partial charge is 0.251 e. The molecule has 7 heteroatoms. The maximum absolute atomic E-state index is 12.5. The SMILES string of the molecule is O=C(NCC1CC(=O)N(c2ccc(N3CCCCC3=O)cc2)C1)c1ccc(Cl)cc1. The average Bonchev–Trinajstić information content (AvgIpc) is 3.13. The first-order chi connectivity index (χ1) is 14.5. The molecule has 2 saturated heterocycles. The second kappa shape index (κ2) is 8.88. The molecule has 2 heterocycles. The van der Waals surface area contributed by atoms with Crippen molar-refractivity contribution in [1.82, 2.24) is 5.32 Å². The highest BCUT2D eigenvalue weighted by Crippen LogP contribution is 2.28. The van der Waals surface area contributed by atoms with Gasteiger partial charge < -0.3 is 15.1 Å². The number of amides is 3. The molecule has 4 rings (SSSR count). The van der Waals surface area contributed by atoms with Crippen molar-refractivity contribution in [2.24, 2.45) is 5.92 Å². The Morgan fingerprint density at radius 2 is 1.60 bits per heavy atom. The summed E-state index contributed by atoms with van der Waals surface area (Å²) < 4.78 is 0. The maximum atomic E-state index is 12.5. The quantitative estimate of drug-likeness (QED) is 0.795. The summed E-state index contributed by atoms with van der Waals surface area (Å²) >= 11 is 5.85. The van der Waals surface area contributed by atoms with Crippen LogP contribution in [0.2, 0.25) is 5.02 Å². The van der Waals surface area contributed by atoms with Gasteiger partial charge in [0.1, 0.15) is 0 Å². The third kappa shape index (κ3) is 4.49. The standard InChI is InChI=1S/C23H24ClN3O3/c24-18-6-4-17(5-7-18)23(30)25-14-16-13-22(29)27(15-16)20-10-8-19(9-11-20)26-12-2-1-3-21(26)28/h4-11,16H,1-3,12-15H2,(H,25,30).